The monoisotopic (exact) mass is 528 g/mol. The summed E-state index contributed by atoms with van der Waals surface area (Å²) in [5.74, 6) is 0.885. The van der Waals surface area contributed by atoms with E-state index in [9.17, 15) is 0 Å². The minimum absolute atomic E-state index is 0.0114. The van der Waals surface area contributed by atoms with Gasteiger partial charge in [-0.2, -0.15) is 0 Å². The van der Waals surface area contributed by atoms with Crippen LogP contribution >= 0.6 is 11.3 Å². The third-order valence-corrected chi connectivity index (χ3v) is 12.0. The molecule has 1 aromatic heterocycles. The number of rotatable bonds is 9. The van der Waals surface area contributed by atoms with Crippen molar-refractivity contribution in [2.75, 3.05) is 0 Å². The molecule has 3 aromatic carbocycles. The van der Waals surface area contributed by atoms with Gasteiger partial charge in [0.15, 0.2) is 0 Å². The van der Waals surface area contributed by atoms with Crippen LogP contribution in [0.2, 0.25) is 0 Å². The van der Waals surface area contributed by atoms with E-state index in [1.165, 1.54) is 16.0 Å². The summed E-state index contributed by atoms with van der Waals surface area (Å²) in [4.78, 5) is 1.44. The van der Waals surface area contributed by atoms with Gasteiger partial charge in [0.1, 0.15) is 5.75 Å². The molecular formula is C33H40O2SSi. The first-order valence-electron chi connectivity index (χ1n) is 13.3. The Morgan fingerprint density at radius 1 is 0.757 bits per heavy atom. The Balaban J connectivity index is 1.84. The Morgan fingerprint density at radius 2 is 1.32 bits per heavy atom. The van der Waals surface area contributed by atoms with Crippen LogP contribution in [-0.4, -0.2) is 14.2 Å². The van der Waals surface area contributed by atoms with Crippen LogP contribution in [0.1, 0.15) is 69.0 Å². The second-order valence-corrected chi connectivity index (χ2v) is 14.6. The summed E-state index contributed by atoms with van der Waals surface area (Å²) in [6.45, 7) is 15.3. The molecular weight excluding hydrogens is 489 g/mol. The van der Waals surface area contributed by atoms with Crippen LogP contribution in [0.15, 0.2) is 90.3 Å². The van der Waals surface area contributed by atoms with Crippen molar-refractivity contribution in [1.29, 1.82) is 0 Å². The zero-order valence-electron chi connectivity index (χ0n) is 23.3. The molecule has 0 aliphatic rings. The zero-order chi connectivity index (χ0) is 26.7. The van der Waals surface area contributed by atoms with Crippen molar-refractivity contribution < 1.29 is 8.85 Å². The van der Waals surface area contributed by atoms with Gasteiger partial charge in [-0.3, -0.25) is 0 Å². The molecule has 0 aliphatic heterocycles. The fourth-order valence-corrected chi connectivity index (χ4v) is 9.99. The van der Waals surface area contributed by atoms with Gasteiger partial charge in [0, 0.05) is 20.7 Å². The van der Waals surface area contributed by atoms with Crippen LogP contribution in [0, 0.1) is 13.8 Å². The Kier molecular flexibility index (Phi) is 8.13. The fraction of sp³-hybridized carbons (Fsp3) is 0.333. The second kappa shape index (κ2) is 11.0. The average molecular weight is 529 g/mol. The summed E-state index contributed by atoms with van der Waals surface area (Å²) in [6, 6.07) is 30.1. The van der Waals surface area contributed by atoms with E-state index in [4.69, 9.17) is 8.85 Å². The summed E-state index contributed by atoms with van der Waals surface area (Å²) in [7, 11) is -3.09. The number of benzene rings is 3. The van der Waals surface area contributed by atoms with Gasteiger partial charge in [-0.15, -0.1) is 11.3 Å². The van der Waals surface area contributed by atoms with Gasteiger partial charge in [0.25, 0.3) is 0 Å². The first kappa shape index (κ1) is 27.4. The lowest BCUT2D eigenvalue weighted by molar-refractivity contribution is 0.101. The average Bonchev–Trinajstić information content (AvgIpc) is 3.33. The smallest absolute Gasteiger partial charge is 0.469 e. The van der Waals surface area contributed by atoms with Crippen LogP contribution in [0.25, 0.3) is 0 Å². The highest BCUT2D eigenvalue weighted by molar-refractivity contribution is 7.10. The second-order valence-electron chi connectivity index (χ2n) is 10.9. The van der Waals surface area contributed by atoms with Crippen molar-refractivity contribution in [3.63, 3.8) is 0 Å². The lowest BCUT2D eigenvalue weighted by Gasteiger charge is -2.38. The first-order valence-corrected chi connectivity index (χ1v) is 16.0. The summed E-state index contributed by atoms with van der Waals surface area (Å²) in [6.07, 6.45) is 2.12. The molecule has 0 N–H and O–H groups in total. The molecule has 1 heterocycles. The molecule has 0 saturated heterocycles. The van der Waals surface area contributed by atoms with E-state index in [1.54, 1.807) is 0 Å². The molecule has 0 bridgehead atoms. The molecule has 4 rings (SSSR count). The molecule has 4 heteroatoms. The molecule has 0 amide bonds. The van der Waals surface area contributed by atoms with E-state index in [0.717, 1.165) is 34.5 Å². The van der Waals surface area contributed by atoms with Crippen LogP contribution in [0.4, 0.5) is 0 Å². The number of hydrogen-bond acceptors (Lipinski definition) is 3. The lowest BCUT2D eigenvalue weighted by atomic mass is 9.74. The fourth-order valence-electron chi connectivity index (χ4n) is 5.22. The van der Waals surface area contributed by atoms with Crippen molar-refractivity contribution in [2.24, 2.45) is 0 Å². The highest BCUT2D eigenvalue weighted by Crippen LogP contribution is 2.43. The zero-order valence-corrected chi connectivity index (χ0v) is 25.1. The summed E-state index contributed by atoms with van der Waals surface area (Å²) < 4.78 is 14.1. The van der Waals surface area contributed by atoms with E-state index in [1.807, 2.05) is 23.5 Å². The maximum Gasteiger partial charge on any atom is 0.469 e. The molecule has 0 unspecified atom stereocenters. The minimum Gasteiger partial charge on any atom is -0.514 e. The molecule has 0 radical (unpaired) electrons. The van der Waals surface area contributed by atoms with Crippen LogP contribution in [0.3, 0.4) is 0 Å². The topological polar surface area (TPSA) is 18.5 Å². The molecule has 2 nitrogen and oxygen atoms in total. The maximum absolute atomic E-state index is 7.15. The molecule has 4 aromatic rings. The molecule has 0 atom stereocenters. The van der Waals surface area contributed by atoms with Crippen LogP contribution in [0.5, 0.6) is 5.75 Å². The normalized spacial score (nSPS) is 12.5. The number of thiophene rings is 1. The summed E-state index contributed by atoms with van der Waals surface area (Å²) >= 11 is 1.88. The van der Waals surface area contributed by atoms with Crippen molar-refractivity contribution in [3.8, 4) is 5.75 Å². The van der Waals surface area contributed by atoms with Crippen LogP contribution < -0.4 is 14.8 Å². The SMILES string of the molecule is CCC(CC)(c1ccc(O[Si](OC(C)(C)C)(c2ccccc2)c2ccccc2)c(C)c1)c1cc(C)cs1. The molecule has 0 spiro atoms. The van der Waals surface area contributed by atoms with Crippen molar-refractivity contribution in [1.82, 2.24) is 0 Å². The highest BCUT2D eigenvalue weighted by atomic mass is 32.1. The van der Waals surface area contributed by atoms with Gasteiger partial charge in [-0.25, -0.2) is 0 Å². The van der Waals surface area contributed by atoms with Gasteiger partial charge in [-0.1, -0.05) is 86.6 Å². The first-order chi connectivity index (χ1) is 17.6. The Hall–Kier alpha value is -2.66. The maximum atomic E-state index is 7.15. The quantitative estimate of drug-likeness (QED) is 0.205. The van der Waals surface area contributed by atoms with E-state index < -0.39 is 8.56 Å². The molecule has 194 valence electrons. The molecule has 0 saturated carbocycles. The Labute approximate surface area is 228 Å². The number of hydrogen-bond donors (Lipinski definition) is 0. The largest absolute Gasteiger partial charge is 0.514 e. The van der Waals surface area contributed by atoms with E-state index >= 15 is 0 Å². The summed E-state index contributed by atoms with van der Waals surface area (Å²) in [5, 5.41) is 4.47. The standard InChI is InChI=1S/C33H40O2SSi/c1-8-33(9-2,31-22-25(3)24-36-31)27-20-21-30(26(4)23-27)34-37(35-32(5,6)7,28-16-12-10-13-17-28)29-18-14-11-15-19-29/h10-24H,8-9H2,1-7H3. The van der Waals surface area contributed by atoms with Crippen molar-refractivity contribution in [3.05, 3.63) is 112 Å². The third kappa shape index (κ3) is 5.62. The Bertz CT molecular complexity index is 1260. The molecule has 37 heavy (non-hydrogen) atoms. The van der Waals surface area contributed by atoms with Crippen LogP contribution in [-0.2, 0) is 9.84 Å². The predicted molar refractivity (Wildman–Crippen MR) is 161 cm³/mol. The van der Waals surface area contributed by atoms with Crippen molar-refractivity contribution in [2.45, 2.75) is 72.3 Å². The minimum atomic E-state index is -3.09. The van der Waals surface area contributed by atoms with Gasteiger partial charge in [0.05, 0.1) is 5.60 Å². The van der Waals surface area contributed by atoms with Crippen molar-refractivity contribution >= 4 is 30.3 Å². The van der Waals surface area contributed by atoms with E-state index in [0.29, 0.717) is 0 Å². The third-order valence-electron chi connectivity index (χ3n) is 7.15. The lowest BCUT2D eigenvalue weighted by Crippen LogP contribution is -2.68. The summed E-state index contributed by atoms with van der Waals surface area (Å²) in [5.41, 5.74) is 3.45. The van der Waals surface area contributed by atoms with E-state index in [-0.39, 0.29) is 11.0 Å². The molecule has 0 fully saturated rings. The van der Waals surface area contributed by atoms with Gasteiger partial charge >= 0.3 is 8.56 Å². The highest BCUT2D eigenvalue weighted by Gasteiger charge is 2.48. The van der Waals surface area contributed by atoms with Gasteiger partial charge in [-0.05, 0) is 81.7 Å². The van der Waals surface area contributed by atoms with E-state index in [2.05, 4.69) is 127 Å². The van der Waals surface area contributed by atoms with Gasteiger partial charge in [0.2, 0.25) is 0 Å². The number of aryl methyl sites for hydroxylation is 2. The Morgan fingerprint density at radius 3 is 1.76 bits per heavy atom. The molecule has 0 aliphatic carbocycles. The van der Waals surface area contributed by atoms with Gasteiger partial charge < -0.3 is 8.85 Å². The predicted octanol–water partition coefficient (Wildman–Crippen LogP) is 7.92.